The number of rotatable bonds is 8. The van der Waals surface area contributed by atoms with Gasteiger partial charge in [-0.05, 0) is 62.1 Å². The molecule has 0 atom stereocenters. The van der Waals surface area contributed by atoms with E-state index in [1.165, 1.54) is 0 Å². The lowest BCUT2D eigenvalue weighted by Crippen LogP contribution is -2.50. The number of piperazine rings is 1. The van der Waals surface area contributed by atoms with Crippen molar-refractivity contribution in [1.82, 2.24) is 9.80 Å². The maximum Gasteiger partial charge on any atom is 0.238 e. The molecular formula is C25H33N3O3. The van der Waals surface area contributed by atoms with Crippen LogP contribution in [0.25, 0.3) is 0 Å². The molecule has 0 bridgehead atoms. The number of hydrogen-bond acceptors (Lipinski definition) is 4. The Morgan fingerprint density at radius 1 is 1.00 bits per heavy atom. The number of hydrogen-bond donors (Lipinski definition) is 1. The van der Waals surface area contributed by atoms with Crippen molar-refractivity contribution in [2.24, 2.45) is 0 Å². The third kappa shape index (κ3) is 6.82. The zero-order valence-corrected chi connectivity index (χ0v) is 18.8. The predicted octanol–water partition coefficient (Wildman–Crippen LogP) is 3.55. The summed E-state index contributed by atoms with van der Waals surface area (Å²) in [6.07, 6.45) is 1.18. The van der Waals surface area contributed by atoms with E-state index in [-0.39, 0.29) is 11.8 Å². The van der Waals surface area contributed by atoms with Crippen LogP contribution in [0.3, 0.4) is 0 Å². The summed E-state index contributed by atoms with van der Waals surface area (Å²) in [5, 5.41) is 3.01. The highest BCUT2D eigenvalue weighted by Crippen LogP contribution is 2.18. The van der Waals surface area contributed by atoms with Gasteiger partial charge in [0.05, 0.1) is 13.2 Å². The van der Waals surface area contributed by atoms with Crippen LogP contribution in [0.2, 0.25) is 0 Å². The molecule has 166 valence electrons. The van der Waals surface area contributed by atoms with Crippen molar-refractivity contribution in [3.05, 3.63) is 59.2 Å². The van der Waals surface area contributed by atoms with Gasteiger partial charge in [0.15, 0.2) is 0 Å². The van der Waals surface area contributed by atoms with Crippen molar-refractivity contribution in [1.29, 1.82) is 0 Å². The summed E-state index contributed by atoms with van der Waals surface area (Å²) in [4.78, 5) is 28.9. The minimum Gasteiger partial charge on any atom is -0.494 e. The monoisotopic (exact) mass is 423 g/mol. The quantitative estimate of drug-likeness (QED) is 0.660. The summed E-state index contributed by atoms with van der Waals surface area (Å²) in [6, 6.07) is 13.9. The second-order valence-electron chi connectivity index (χ2n) is 8.22. The van der Waals surface area contributed by atoms with E-state index in [9.17, 15) is 9.59 Å². The van der Waals surface area contributed by atoms with Gasteiger partial charge in [0.25, 0.3) is 0 Å². The highest BCUT2D eigenvalue weighted by molar-refractivity contribution is 5.93. The summed E-state index contributed by atoms with van der Waals surface area (Å²) < 4.78 is 5.73. The molecule has 1 saturated heterocycles. The van der Waals surface area contributed by atoms with Gasteiger partial charge >= 0.3 is 0 Å². The van der Waals surface area contributed by atoms with E-state index >= 15 is 0 Å². The predicted molar refractivity (Wildman–Crippen MR) is 123 cm³/mol. The first kappa shape index (κ1) is 22.8. The second-order valence-corrected chi connectivity index (χ2v) is 8.22. The molecule has 2 amide bonds. The number of amides is 2. The molecule has 0 radical (unpaired) electrons. The molecule has 0 aliphatic carbocycles. The number of anilines is 1. The molecule has 2 aromatic rings. The van der Waals surface area contributed by atoms with E-state index in [4.69, 9.17) is 4.74 Å². The van der Waals surface area contributed by atoms with E-state index in [0.29, 0.717) is 52.2 Å². The van der Waals surface area contributed by atoms with Gasteiger partial charge in [0.2, 0.25) is 11.8 Å². The zero-order valence-electron chi connectivity index (χ0n) is 18.8. The van der Waals surface area contributed by atoms with Crippen LogP contribution in [-0.4, -0.2) is 60.9 Å². The molecule has 31 heavy (non-hydrogen) atoms. The maximum absolute atomic E-state index is 12.5. The first-order chi connectivity index (χ1) is 14.9. The topological polar surface area (TPSA) is 61.9 Å². The molecule has 1 aliphatic heterocycles. The van der Waals surface area contributed by atoms with Crippen molar-refractivity contribution in [2.75, 3.05) is 44.6 Å². The van der Waals surface area contributed by atoms with Crippen LogP contribution < -0.4 is 10.1 Å². The number of ether oxygens (including phenoxy) is 1. The number of carbonyl (C=O) groups is 2. The van der Waals surface area contributed by atoms with Gasteiger partial charge in [-0.2, -0.15) is 0 Å². The average molecular weight is 424 g/mol. The van der Waals surface area contributed by atoms with Crippen molar-refractivity contribution in [3.8, 4) is 5.75 Å². The molecule has 1 heterocycles. The van der Waals surface area contributed by atoms with Crippen molar-refractivity contribution in [3.63, 3.8) is 0 Å². The van der Waals surface area contributed by atoms with E-state index in [1.807, 2.05) is 68.1 Å². The molecule has 2 aromatic carbocycles. The van der Waals surface area contributed by atoms with Gasteiger partial charge in [-0.25, -0.2) is 0 Å². The molecule has 6 heteroatoms. The van der Waals surface area contributed by atoms with E-state index in [0.717, 1.165) is 28.1 Å². The summed E-state index contributed by atoms with van der Waals surface area (Å²) in [5.41, 5.74) is 4.28. The van der Waals surface area contributed by atoms with Gasteiger partial charge in [0, 0.05) is 38.3 Å². The molecule has 0 spiro atoms. The lowest BCUT2D eigenvalue weighted by atomic mass is 10.1. The molecule has 6 nitrogen and oxygen atoms in total. The summed E-state index contributed by atoms with van der Waals surface area (Å²) in [7, 11) is 0. The van der Waals surface area contributed by atoms with Crippen molar-refractivity contribution >= 4 is 17.5 Å². The largest absolute Gasteiger partial charge is 0.494 e. The van der Waals surface area contributed by atoms with Gasteiger partial charge in [0.1, 0.15) is 5.75 Å². The standard InChI is InChI=1S/C25H33N3O3/c1-19-7-4-9-22(17-19)31-16-6-11-25(30)28-14-12-27(13-15-28)18-24(29)26-23-10-5-8-20(2)21(23)3/h4-5,7-10,17H,6,11-16,18H2,1-3H3,(H,26,29). The molecule has 1 fully saturated rings. The van der Waals surface area contributed by atoms with Crippen molar-refractivity contribution < 1.29 is 14.3 Å². The Morgan fingerprint density at radius 2 is 1.74 bits per heavy atom. The van der Waals surface area contributed by atoms with Gasteiger partial charge in [-0.3, -0.25) is 14.5 Å². The molecular weight excluding hydrogens is 390 g/mol. The van der Waals surface area contributed by atoms with Crippen molar-refractivity contribution in [2.45, 2.75) is 33.6 Å². The zero-order chi connectivity index (χ0) is 22.2. The van der Waals surface area contributed by atoms with Gasteiger partial charge < -0.3 is 15.0 Å². The fraction of sp³-hybridized carbons (Fsp3) is 0.440. The molecule has 1 N–H and O–H groups in total. The maximum atomic E-state index is 12.5. The third-order valence-corrected chi connectivity index (χ3v) is 5.76. The highest BCUT2D eigenvalue weighted by atomic mass is 16.5. The minimum atomic E-state index is -0.0122. The SMILES string of the molecule is Cc1cccc(OCCCC(=O)N2CCN(CC(=O)Nc3cccc(C)c3C)CC2)c1. The Labute approximate surface area is 185 Å². The molecule has 0 saturated carbocycles. The number of nitrogens with zero attached hydrogens (tertiary/aromatic N) is 2. The molecule has 1 aliphatic rings. The Kier molecular flexibility index (Phi) is 8.06. The van der Waals surface area contributed by atoms with E-state index in [2.05, 4.69) is 10.2 Å². The Balaban J connectivity index is 1.34. The number of aryl methyl sites for hydroxylation is 2. The van der Waals surface area contributed by atoms with Crippen LogP contribution in [-0.2, 0) is 9.59 Å². The summed E-state index contributed by atoms with van der Waals surface area (Å²) in [5.74, 6) is 0.995. The lowest BCUT2D eigenvalue weighted by molar-refractivity contribution is -0.133. The Bertz CT molecular complexity index is 905. The Morgan fingerprint density at radius 3 is 2.48 bits per heavy atom. The summed E-state index contributed by atoms with van der Waals surface area (Å²) >= 11 is 0. The number of carbonyl (C=O) groups excluding carboxylic acids is 2. The normalized spacial score (nSPS) is 14.4. The van der Waals surface area contributed by atoms with E-state index in [1.54, 1.807) is 0 Å². The van der Waals surface area contributed by atoms with Crippen LogP contribution >= 0.6 is 0 Å². The van der Waals surface area contributed by atoms with Crippen LogP contribution in [0.15, 0.2) is 42.5 Å². The van der Waals surface area contributed by atoms with Crippen LogP contribution in [0, 0.1) is 20.8 Å². The lowest BCUT2D eigenvalue weighted by Gasteiger charge is -2.34. The van der Waals surface area contributed by atoms with E-state index < -0.39 is 0 Å². The fourth-order valence-electron chi connectivity index (χ4n) is 3.71. The van der Waals surface area contributed by atoms with Gasteiger partial charge in [-0.15, -0.1) is 0 Å². The van der Waals surface area contributed by atoms with Gasteiger partial charge in [-0.1, -0.05) is 24.3 Å². The smallest absolute Gasteiger partial charge is 0.238 e. The summed E-state index contributed by atoms with van der Waals surface area (Å²) in [6.45, 7) is 9.72. The average Bonchev–Trinajstić information content (AvgIpc) is 2.75. The third-order valence-electron chi connectivity index (χ3n) is 5.76. The molecule has 3 rings (SSSR count). The number of nitrogens with one attached hydrogen (secondary N) is 1. The second kappa shape index (κ2) is 11.0. The van der Waals surface area contributed by atoms with Crippen LogP contribution in [0.4, 0.5) is 5.69 Å². The number of benzene rings is 2. The van der Waals surface area contributed by atoms with Crippen LogP contribution in [0.1, 0.15) is 29.5 Å². The minimum absolute atomic E-state index is 0.0122. The highest BCUT2D eigenvalue weighted by Gasteiger charge is 2.22. The van der Waals surface area contributed by atoms with Crippen LogP contribution in [0.5, 0.6) is 5.75 Å². The first-order valence-electron chi connectivity index (χ1n) is 11.0. The fourth-order valence-corrected chi connectivity index (χ4v) is 3.71. The molecule has 0 aromatic heterocycles. The first-order valence-corrected chi connectivity index (χ1v) is 11.0. The molecule has 0 unspecified atom stereocenters. The Hall–Kier alpha value is -2.86.